The van der Waals surface area contributed by atoms with E-state index in [4.69, 9.17) is 4.74 Å². The van der Waals surface area contributed by atoms with Crippen molar-refractivity contribution in [1.82, 2.24) is 5.32 Å². The standard InChI is InChI=1S/C32H43NO2.C2H6/c1-9-24(7)28(10-2)32(30-14-12-11-13-25(30)8)33-31(34)21-26-15-17-27(18-16-26)35-20-19-29(22(3)4)23(5)6;1-2/h9-12,14-18,25,32H,3,13,19-21H2,1-2,4-8H3,(H,33,34);1-2H3/b24-9-,28-10+;. The van der Waals surface area contributed by atoms with Crippen molar-refractivity contribution < 1.29 is 9.53 Å². The Kier molecular flexibility index (Phi) is 14.4. The molecule has 0 saturated heterocycles. The van der Waals surface area contributed by atoms with Crippen molar-refractivity contribution in [3.8, 4) is 5.75 Å². The summed E-state index contributed by atoms with van der Waals surface area (Å²) in [5, 5.41) is 3.32. The Morgan fingerprint density at radius 2 is 1.76 bits per heavy atom. The maximum atomic E-state index is 13.1. The first-order chi connectivity index (χ1) is 17.7. The number of hydrogen-bond acceptors (Lipinski definition) is 2. The Hall–Kier alpha value is -3.07. The second-order valence-electron chi connectivity index (χ2n) is 9.63. The van der Waals surface area contributed by atoms with Gasteiger partial charge in [-0.1, -0.05) is 86.6 Å². The minimum atomic E-state index is -0.121. The van der Waals surface area contributed by atoms with E-state index in [2.05, 4.69) is 70.0 Å². The zero-order valence-corrected chi connectivity index (χ0v) is 24.7. The van der Waals surface area contributed by atoms with E-state index in [0.29, 0.717) is 18.9 Å². The quantitative estimate of drug-likeness (QED) is 0.306. The van der Waals surface area contributed by atoms with Crippen molar-refractivity contribution >= 4 is 5.91 Å². The van der Waals surface area contributed by atoms with Crippen LogP contribution < -0.4 is 10.1 Å². The Morgan fingerprint density at radius 3 is 2.27 bits per heavy atom. The summed E-state index contributed by atoms with van der Waals surface area (Å²) >= 11 is 0. The van der Waals surface area contributed by atoms with Gasteiger partial charge in [-0.15, -0.1) is 0 Å². The molecule has 1 aliphatic rings. The molecule has 2 rings (SSSR count). The van der Waals surface area contributed by atoms with Crippen LogP contribution in [0.1, 0.15) is 80.7 Å². The summed E-state index contributed by atoms with van der Waals surface area (Å²) in [4.78, 5) is 13.1. The van der Waals surface area contributed by atoms with Gasteiger partial charge in [-0.2, -0.15) is 0 Å². The molecular formula is C34H49NO2. The molecule has 3 heteroatoms. The highest BCUT2D eigenvalue weighted by Gasteiger charge is 2.25. The van der Waals surface area contributed by atoms with Gasteiger partial charge in [-0.25, -0.2) is 0 Å². The van der Waals surface area contributed by atoms with Crippen LogP contribution in [0.5, 0.6) is 5.75 Å². The van der Waals surface area contributed by atoms with Gasteiger partial charge in [0, 0.05) is 6.42 Å². The molecule has 0 bridgehead atoms. The highest BCUT2D eigenvalue weighted by atomic mass is 16.5. The molecule has 0 heterocycles. The molecule has 1 N–H and O–H groups in total. The smallest absolute Gasteiger partial charge is 0.225 e. The molecule has 1 aromatic carbocycles. The maximum absolute atomic E-state index is 13.1. The van der Waals surface area contributed by atoms with Gasteiger partial charge in [0.1, 0.15) is 5.75 Å². The number of allylic oxidation sites excluding steroid dienone is 7. The summed E-state index contributed by atoms with van der Waals surface area (Å²) in [6.07, 6.45) is 12.8. The number of carbonyl (C=O) groups is 1. The van der Waals surface area contributed by atoms with Crippen LogP contribution in [0.25, 0.3) is 0 Å². The second-order valence-corrected chi connectivity index (χ2v) is 9.63. The molecule has 0 saturated carbocycles. The number of rotatable bonds is 11. The van der Waals surface area contributed by atoms with E-state index in [9.17, 15) is 4.79 Å². The Bertz CT molecular complexity index is 1040. The normalized spacial score (nSPS) is 16.1. The minimum absolute atomic E-state index is 0.0178. The Labute approximate surface area is 226 Å². The average Bonchev–Trinajstić information content (AvgIpc) is 2.88. The van der Waals surface area contributed by atoms with Crippen molar-refractivity contribution in [2.45, 2.75) is 87.6 Å². The van der Waals surface area contributed by atoms with Crippen molar-refractivity contribution in [3.63, 3.8) is 0 Å². The van der Waals surface area contributed by atoms with Gasteiger partial charge in [-0.05, 0) is 88.3 Å². The SMILES string of the molecule is C=C(C)C(CCOc1ccc(CC(=O)NC(C2=CC=CCC2C)C(=C/C)/C(C)=C\C)cc1)=C(C)C.CC. The third kappa shape index (κ3) is 10.1. The number of amides is 1. The largest absolute Gasteiger partial charge is 0.493 e. The lowest BCUT2D eigenvalue weighted by Gasteiger charge is -2.30. The summed E-state index contributed by atoms with van der Waals surface area (Å²) in [6.45, 7) is 23.3. The van der Waals surface area contributed by atoms with Crippen LogP contribution in [-0.4, -0.2) is 18.6 Å². The molecule has 0 aromatic heterocycles. The first-order valence-electron chi connectivity index (χ1n) is 13.7. The van der Waals surface area contributed by atoms with Crippen LogP contribution in [0.2, 0.25) is 0 Å². The number of nitrogens with one attached hydrogen (secondary N) is 1. The van der Waals surface area contributed by atoms with E-state index >= 15 is 0 Å². The Balaban J connectivity index is 0.00000334. The maximum Gasteiger partial charge on any atom is 0.225 e. The molecule has 1 amide bonds. The summed E-state index contributed by atoms with van der Waals surface area (Å²) in [7, 11) is 0. The molecule has 0 aliphatic heterocycles. The van der Waals surface area contributed by atoms with Gasteiger partial charge in [0.2, 0.25) is 5.91 Å². The highest BCUT2D eigenvalue weighted by molar-refractivity contribution is 5.80. The van der Waals surface area contributed by atoms with E-state index in [-0.39, 0.29) is 11.9 Å². The van der Waals surface area contributed by atoms with Crippen molar-refractivity contribution in [1.29, 1.82) is 0 Å². The first-order valence-corrected chi connectivity index (χ1v) is 13.7. The molecule has 0 fully saturated rings. The molecular weight excluding hydrogens is 454 g/mol. The number of ether oxygens (including phenoxy) is 1. The van der Waals surface area contributed by atoms with E-state index in [1.54, 1.807) is 0 Å². The summed E-state index contributed by atoms with van der Waals surface area (Å²) < 4.78 is 5.93. The fourth-order valence-electron chi connectivity index (χ4n) is 4.53. The predicted molar refractivity (Wildman–Crippen MR) is 161 cm³/mol. The molecule has 3 nitrogen and oxygen atoms in total. The third-order valence-corrected chi connectivity index (χ3v) is 6.66. The van der Waals surface area contributed by atoms with Crippen LogP contribution in [-0.2, 0) is 11.2 Å². The van der Waals surface area contributed by atoms with Gasteiger partial charge in [0.05, 0.1) is 19.1 Å². The van der Waals surface area contributed by atoms with Crippen molar-refractivity contribution in [2.75, 3.05) is 6.61 Å². The molecule has 1 aromatic rings. The monoisotopic (exact) mass is 503 g/mol. The van der Waals surface area contributed by atoms with Crippen molar-refractivity contribution in [2.24, 2.45) is 5.92 Å². The lowest BCUT2D eigenvalue weighted by molar-refractivity contribution is -0.120. The van der Waals surface area contributed by atoms with Gasteiger partial charge in [0.15, 0.2) is 0 Å². The summed E-state index contributed by atoms with van der Waals surface area (Å²) in [5.74, 6) is 1.22. The van der Waals surface area contributed by atoms with Gasteiger partial charge < -0.3 is 10.1 Å². The van der Waals surface area contributed by atoms with E-state index in [1.807, 2.05) is 58.9 Å². The van der Waals surface area contributed by atoms with Crippen LogP contribution in [0.4, 0.5) is 0 Å². The van der Waals surface area contributed by atoms with Gasteiger partial charge in [-0.3, -0.25) is 4.79 Å². The van der Waals surface area contributed by atoms with Gasteiger partial charge in [0.25, 0.3) is 0 Å². The van der Waals surface area contributed by atoms with Crippen LogP contribution in [0, 0.1) is 5.92 Å². The van der Waals surface area contributed by atoms with E-state index in [1.165, 1.54) is 22.3 Å². The fourth-order valence-corrected chi connectivity index (χ4v) is 4.53. The molecule has 0 radical (unpaired) electrons. The van der Waals surface area contributed by atoms with Crippen LogP contribution in [0.3, 0.4) is 0 Å². The average molecular weight is 504 g/mol. The summed E-state index contributed by atoms with van der Waals surface area (Å²) in [6, 6.07) is 7.72. The lowest BCUT2D eigenvalue weighted by Crippen LogP contribution is -2.40. The summed E-state index contributed by atoms with van der Waals surface area (Å²) in [5.41, 5.74) is 8.20. The van der Waals surface area contributed by atoms with Crippen LogP contribution >= 0.6 is 0 Å². The minimum Gasteiger partial charge on any atom is -0.493 e. The molecule has 0 spiro atoms. The molecule has 1 aliphatic carbocycles. The zero-order valence-electron chi connectivity index (χ0n) is 24.7. The van der Waals surface area contributed by atoms with Gasteiger partial charge >= 0.3 is 0 Å². The fraction of sp³-hybridized carbons (Fsp3) is 0.441. The number of benzene rings is 1. The highest BCUT2D eigenvalue weighted by Crippen LogP contribution is 2.29. The predicted octanol–water partition coefficient (Wildman–Crippen LogP) is 8.86. The molecule has 2 unspecified atom stereocenters. The second kappa shape index (κ2) is 16.6. The van der Waals surface area contributed by atoms with Crippen molar-refractivity contribution in [3.05, 3.63) is 100 Å². The third-order valence-electron chi connectivity index (χ3n) is 6.66. The molecule has 2 atom stereocenters. The zero-order chi connectivity index (χ0) is 28.0. The molecule has 37 heavy (non-hydrogen) atoms. The van der Waals surface area contributed by atoms with E-state index < -0.39 is 0 Å². The number of hydrogen-bond donors (Lipinski definition) is 1. The van der Waals surface area contributed by atoms with Crippen LogP contribution in [0.15, 0.2) is 94.7 Å². The molecule has 202 valence electrons. The van der Waals surface area contributed by atoms with E-state index in [0.717, 1.165) is 35.3 Å². The topological polar surface area (TPSA) is 38.3 Å². The number of carbonyl (C=O) groups excluding carboxylic acids is 1. The lowest BCUT2D eigenvalue weighted by atomic mass is 9.82. The Morgan fingerprint density at radius 1 is 1.11 bits per heavy atom. The first kappa shape index (κ1) is 32.0.